The Hall–Kier alpha value is -3.59. The first-order valence-corrected chi connectivity index (χ1v) is 10.1. The van der Waals surface area contributed by atoms with Crippen LogP contribution in [0.3, 0.4) is 0 Å². The number of benzene rings is 2. The monoisotopic (exact) mass is 476 g/mol. The molecular formula is C23H20ClF3N4O2. The minimum atomic E-state index is -4.57. The predicted octanol–water partition coefficient (Wildman–Crippen LogP) is 5.16. The Kier molecular flexibility index (Phi) is 6.92. The van der Waals surface area contributed by atoms with Crippen LogP contribution in [0.25, 0.3) is 5.69 Å². The number of hydrogen-bond acceptors (Lipinski definition) is 3. The third-order valence-corrected chi connectivity index (χ3v) is 5.31. The zero-order valence-electron chi connectivity index (χ0n) is 17.9. The number of carbonyl (C=O) groups is 2. The summed E-state index contributed by atoms with van der Waals surface area (Å²) >= 11 is 6.23. The molecule has 0 aliphatic rings. The van der Waals surface area contributed by atoms with Crippen molar-refractivity contribution in [2.24, 2.45) is 5.10 Å². The van der Waals surface area contributed by atoms with E-state index in [2.05, 4.69) is 15.8 Å². The van der Waals surface area contributed by atoms with Crippen LogP contribution in [0.2, 0.25) is 5.02 Å². The van der Waals surface area contributed by atoms with E-state index in [1.807, 2.05) is 49.6 Å². The van der Waals surface area contributed by atoms with E-state index in [1.165, 1.54) is 12.3 Å². The molecule has 0 spiro atoms. The summed E-state index contributed by atoms with van der Waals surface area (Å²) in [4.78, 5) is 24.0. The summed E-state index contributed by atoms with van der Waals surface area (Å²) < 4.78 is 40.3. The zero-order valence-corrected chi connectivity index (χ0v) is 18.7. The molecule has 1 heterocycles. The maximum Gasteiger partial charge on any atom is 0.416 e. The molecule has 172 valence electrons. The Balaban J connectivity index is 1.68. The number of nitrogens with zero attached hydrogens (tertiary/aromatic N) is 2. The minimum Gasteiger partial charge on any atom is -0.318 e. The second kappa shape index (κ2) is 9.50. The van der Waals surface area contributed by atoms with Gasteiger partial charge in [-0.15, -0.1) is 0 Å². The molecule has 3 aromatic rings. The summed E-state index contributed by atoms with van der Waals surface area (Å²) in [7, 11) is 0. The average Bonchev–Trinajstić information content (AvgIpc) is 3.02. The minimum absolute atomic E-state index is 0.158. The highest BCUT2D eigenvalue weighted by atomic mass is 35.5. The first kappa shape index (κ1) is 24.1. The summed E-state index contributed by atoms with van der Waals surface area (Å²) in [6.45, 7) is 5.68. The van der Waals surface area contributed by atoms with Crippen molar-refractivity contribution >= 4 is 35.3 Å². The van der Waals surface area contributed by atoms with Crippen LogP contribution < -0.4 is 10.7 Å². The van der Waals surface area contributed by atoms with Crippen LogP contribution in [0.1, 0.15) is 28.1 Å². The van der Waals surface area contributed by atoms with Crippen molar-refractivity contribution in [1.29, 1.82) is 0 Å². The lowest BCUT2D eigenvalue weighted by atomic mass is 10.2. The van der Waals surface area contributed by atoms with Gasteiger partial charge < -0.3 is 9.88 Å². The van der Waals surface area contributed by atoms with Gasteiger partial charge in [-0.2, -0.15) is 18.3 Å². The molecule has 2 amide bonds. The highest BCUT2D eigenvalue weighted by Crippen LogP contribution is 2.30. The molecule has 33 heavy (non-hydrogen) atoms. The largest absolute Gasteiger partial charge is 0.416 e. The molecule has 0 saturated heterocycles. The Labute approximate surface area is 193 Å². The van der Waals surface area contributed by atoms with Gasteiger partial charge in [-0.05, 0) is 62.7 Å². The van der Waals surface area contributed by atoms with Crippen LogP contribution >= 0.6 is 11.6 Å². The van der Waals surface area contributed by atoms with Crippen molar-refractivity contribution in [2.75, 3.05) is 5.32 Å². The standard InChI is InChI=1S/C23H20ClF3N4O2/c1-13-7-8-19(11-20(13)24)31-14(2)9-16(15(31)3)12-28-30-22(33)21(32)29-18-6-4-5-17(10-18)23(25,26)27/h4-12H,1-3H3,(H,29,32)(H,30,33)/b28-12-. The molecule has 0 aliphatic carbocycles. The van der Waals surface area contributed by atoms with E-state index in [0.29, 0.717) is 10.6 Å². The van der Waals surface area contributed by atoms with E-state index in [4.69, 9.17) is 11.6 Å². The van der Waals surface area contributed by atoms with Crippen molar-refractivity contribution in [3.8, 4) is 5.69 Å². The first-order valence-electron chi connectivity index (χ1n) is 9.74. The SMILES string of the molecule is Cc1ccc(-n2c(C)cc(/C=N\NC(=O)C(=O)Nc3cccc(C(F)(F)F)c3)c2C)cc1Cl. The maximum atomic E-state index is 12.8. The highest BCUT2D eigenvalue weighted by molar-refractivity contribution is 6.39. The topological polar surface area (TPSA) is 75.5 Å². The summed E-state index contributed by atoms with van der Waals surface area (Å²) in [5, 5.41) is 6.55. The van der Waals surface area contributed by atoms with Gasteiger partial charge in [0, 0.05) is 33.3 Å². The van der Waals surface area contributed by atoms with Crippen LogP contribution in [0.5, 0.6) is 0 Å². The fourth-order valence-electron chi connectivity index (χ4n) is 3.21. The molecule has 3 rings (SSSR count). The summed E-state index contributed by atoms with van der Waals surface area (Å²) in [5.74, 6) is -2.27. The van der Waals surface area contributed by atoms with Crippen molar-refractivity contribution in [3.63, 3.8) is 0 Å². The number of alkyl halides is 3. The summed E-state index contributed by atoms with van der Waals surface area (Å²) in [5.41, 5.74) is 5.23. The Morgan fingerprint density at radius 1 is 1.03 bits per heavy atom. The molecule has 0 aliphatic heterocycles. The summed E-state index contributed by atoms with van der Waals surface area (Å²) in [6, 6.07) is 11.5. The number of hydrazone groups is 1. The number of hydrogen-bond donors (Lipinski definition) is 2. The molecule has 0 radical (unpaired) electrons. The molecular weight excluding hydrogens is 457 g/mol. The lowest BCUT2D eigenvalue weighted by molar-refractivity contribution is -0.137. The van der Waals surface area contributed by atoms with Gasteiger partial charge in [-0.25, -0.2) is 5.43 Å². The van der Waals surface area contributed by atoms with Crippen molar-refractivity contribution in [2.45, 2.75) is 26.9 Å². The normalized spacial score (nSPS) is 11.6. The van der Waals surface area contributed by atoms with Gasteiger partial charge in [0.15, 0.2) is 0 Å². The van der Waals surface area contributed by atoms with Gasteiger partial charge in [-0.3, -0.25) is 9.59 Å². The van der Waals surface area contributed by atoms with Crippen LogP contribution in [0.4, 0.5) is 18.9 Å². The Morgan fingerprint density at radius 2 is 1.76 bits per heavy atom. The van der Waals surface area contributed by atoms with E-state index >= 15 is 0 Å². The fraction of sp³-hybridized carbons (Fsp3) is 0.174. The quantitative estimate of drug-likeness (QED) is 0.310. The van der Waals surface area contributed by atoms with E-state index < -0.39 is 23.6 Å². The highest BCUT2D eigenvalue weighted by Gasteiger charge is 2.30. The molecule has 0 fully saturated rings. The van der Waals surface area contributed by atoms with E-state index in [-0.39, 0.29) is 5.69 Å². The molecule has 6 nitrogen and oxygen atoms in total. The maximum absolute atomic E-state index is 12.8. The number of rotatable bonds is 4. The number of aryl methyl sites for hydroxylation is 2. The second-order valence-corrected chi connectivity index (χ2v) is 7.73. The van der Waals surface area contributed by atoms with Crippen LogP contribution in [-0.2, 0) is 15.8 Å². The Bertz CT molecular complexity index is 1250. The van der Waals surface area contributed by atoms with Crippen molar-refractivity contribution in [3.05, 3.63) is 81.6 Å². The first-order chi connectivity index (χ1) is 15.5. The molecule has 0 atom stereocenters. The number of carbonyl (C=O) groups excluding carboxylic acids is 2. The smallest absolute Gasteiger partial charge is 0.318 e. The number of nitrogens with one attached hydrogen (secondary N) is 2. The molecule has 0 bridgehead atoms. The molecule has 2 aromatic carbocycles. The lowest BCUT2D eigenvalue weighted by Crippen LogP contribution is -2.32. The third-order valence-electron chi connectivity index (χ3n) is 4.91. The van der Waals surface area contributed by atoms with Crippen LogP contribution in [0.15, 0.2) is 53.6 Å². The fourth-order valence-corrected chi connectivity index (χ4v) is 3.38. The zero-order chi connectivity index (χ0) is 24.3. The van der Waals surface area contributed by atoms with E-state index in [1.54, 1.807) is 0 Å². The van der Waals surface area contributed by atoms with Gasteiger partial charge in [-0.1, -0.05) is 23.7 Å². The third kappa shape index (κ3) is 5.61. The van der Waals surface area contributed by atoms with Gasteiger partial charge >= 0.3 is 18.0 Å². The van der Waals surface area contributed by atoms with E-state index in [0.717, 1.165) is 40.8 Å². The number of aromatic nitrogens is 1. The second-order valence-electron chi connectivity index (χ2n) is 7.33. The molecule has 1 aromatic heterocycles. The number of amides is 2. The lowest BCUT2D eigenvalue weighted by Gasteiger charge is -2.11. The van der Waals surface area contributed by atoms with Gasteiger partial charge in [0.05, 0.1) is 11.8 Å². The van der Waals surface area contributed by atoms with Crippen LogP contribution in [0, 0.1) is 20.8 Å². The summed E-state index contributed by atoms with van der Waals surface area (Å²) in [6.07, 6.45) is -3.19. The van der Waals surface area contributed by atoms with E-state index in [9.17, 15) is 22.8 Å². The van der Waals surface area contributed by atoms with Crippen molar-refractivity contribution < 1.29 is 22.8 Å². The van der Waals surface area contributed by atoms with Gasteiger partial charge in [0.25, 0.3) is 0 Å². The number of halogens is 4. The molecule has 0 unspecified atom stereocenters. The molecule has 2 N–H and O–H groups in total. The molecule has 0 saturated carbocycles. The Morgan fingerprint density at radius 3 is 2.42 bits per heavy atom. The predicted molar refractivity (Wildman–Crippen MR) is 121 cm³/mol. The van der Waals surface area contributed by atoms with Gasteiger partial charge in [0.2, 0.25) is 0 Å². The average molecular weight is 477 g/mol. The number of anilines is 1. The van der Waals surface area contributed by atoms with Crippen LogP contribution in [-0.4, -0.2) is 22.6 Å². The van der Waals surface area contributed by atoms with Gasteiger partial charge in [0.1, 0.15) is 0 Å². The van der Waals surface area contributed by atoms with Crippen molar-refractivity contribution in [1.82, 2.24) is 9.99 Å². The molecule has 10 heteroatoms.